The number of rotatable bonds is 5. The first-order valence-corrected chi connectivity index (χ1v) is 7.80. The Morgan fingerprint density at radius 1 is 1.29 bits per heavy atom. The number of carbonyl (C=O) groups is 3. The molecule has 1 aromatic rings. The number of esters is 1. The van der Waals surface area contributed by atoms with Crippen molar-refractivity contribution in [3.63, 3.8) is 0 Å². The van der Waals surface area contributed by atoms with Crippen LogP contribution in [-0.2, 0) is 9.53 Å². The van der Waals surface area contributed by atoms with Gasteiger partial charge in [-0.2, -0.15) is 0 Å². The van der Waals surface area contributed by atoms with Crippen molar-refractivity contribution in [3.8, 4) is 0 Å². The lowest BCUT2D eigenvalue weighted by Crippen LogP contribution is -2.40. The molecule has 1 aliphatic heterocycles. The molecular weight excluding hydrogens is 317 g/mol. The standard InChI is InChI=1S/C17H20FNO5/c1-24-17(23)13-7-12(8-14(18)9-13)16(22)19-6-2-3-11(10-19)4-5-15(20)21/h7-9,11H,2-6,10H2,1H3,(H,20,21). The molecule has 7 heteroatoms. The Labute approximate surface area is 139 Å². The van der Waals surface area contributed by atoms with E-state index < -0.39 is 17.8 Å². The van der Waals surface area contributed by atoms with Crippen LogP contribution in [0, 0.1) is 11.7 Å². The third-order valence-electron chi connectivity index (χ3n) is 4.14. The van der Waals surface area contributed by atoms with Gasteiger partial charge in [0, 0.05) is 25.1 Å². The van der Waals surface area contributed by atoms with E-state index in [0.29, 0.717) is 19.5 Å². The number of benzene rings is 1. The first kappa shape index (κ1) is 17.9. The number of ether oxygens (including phenoxy) is 1. The monoisotopic (exact) mass is 337 g/mol. The van der Waals surface area contributed by atoms with Gasteiger partial charge in [0.15, 0.2) is 0 Å². The van der Waals surface area contributed by atoms with Gasteiger partial charge in [-0.15, -0.1) is 0 Å². The molecule has 2 rings (SSSR count). The van der Waals surface area contributed by atoms with Crippen LogP contribution in [0.3, 0.4) is 0 Å². The van der Waals surface area contributed by atoms with Crippen molar-refractivity contribution in [2.45, 2.75) is 25.7 Å². The SMILES string of the molecule is COC(=O)c1cc(F)cc(C(=O)N2CCCC(CCC(=O)O)C2)c1. The highest BCUT2D eigenvalue weighted by molar-refractivity contribution is 5.98. The molecule has 0 spiro atoms. The summed E-state index contributed by atoms with van der Waals surface area (Å²) in [6, 6.07) is 3.43. The Bertz CT molecular complexity index is 646. The Balaban J connectivity index is 2.11. The quantitative estimate of drug-likeness (QED) is 0.834. The molecule has 6 nitrogen and oxygen atoms in total. The van der Waals surface area contributed by atoms with Crippen molar-refractivity contribution in [2.75, 3.05) is 20.2 Å². The Kier molecular flexibility index (Phi) is 5.89. The average Bonchev–Trinajstić information content (AvgIpc) is 2.58. The molecule has 0 aliphatic carbocycles. The summed E-state index contributed by atoms with van der Waals surface area (Å²) in [5.74, 6) is -2.49. The summed E-state index contributed by atoms with van der Waals surface area (Å²) in [4.78, 5) is 36.4. The third-order valence-corrected chi connectivity index (χ3v) is 4.14. The van der Waals surface area contributed by atoms with E-state index in [1.807, 2.05) is 0 Å². The van der Waals surface area contributed by atoms with Crippen LogP contribution in [0.25, 0.3) is 0 Å². The van der Waals surface area contributed by atoms with Crippen molar-refractivity contribution in [1.82, 2.24) is 4.90 Å². The molecule has 130 valence electrons. The van der Waals surface area contributed by atoms with E-state index in [0.717, 1.165) is 25.0 Å². The summed E-state index contributed by atoms with van der Waals surface area (Å²) in [6.45, 7) is 0.975. The molecule has 0 bridgehead atoms. The predicted octanol–water partition coefficient (Wildman–Crippen LogP) is 2.33. The van der Waals surface area contributed by atoms with Crippen LogP contribution in [0.2, 0.25) is 0 Å². The molecule has 1 N–H and O–H groups in total. The highest BCUT2D eigenvalue weighted by atomic mass is 19.1. The number of amides is 1. The van der Waals surface area contributed by atoms with Gasteiger partial charge >= 0.3 is 11.9 Å². The van der Waals surface area contributed by atoms with Gasteiger partial charge in [0.1, 0.15) is 5.82 Å². The van der Waals surface area contributed by atoms with Crippen molar-refractivity contribution >= 4 is 17.8 Å². The molecule has 1 aliphatic rings. The lowest BCUT2D eigenvalue weighted by Gasteiger charge is -2.32. The number of carboxylic acid groups (broad SMARTS) is 1. The number of piperidine rings is 1. The van der Waals surface area contributed by atoms with Crippen molar-refractivity contribution in [1.29, 1.82) is 0 Å². The topological polar surface area (TPSA) is 83.9 Å². The molecule has 1 aromatic carbocycles. The molecule has 1 fully saturated rings. The van der Waals surface area contributed by atoms with E-state index in [1.54, 1.807) is 4.90 Å². The predicted molar refractivity (Wildman–Crippen MR) is 83.2 cm³/mol. The van der Waals surface area contributed by atoms with Crippen molar-refractivity contribution in [2.24, 2.45) is 5.92 Å². The summed E-state index contributed by atoms with van der Waals surface area (Å²) in [5, 5.41) is 8.77. The van der Waals surface area contributed by atoms with Gasteiger partial charge in [0.25, 0.3) is 5.91 Å². The molecule has 0 radical (unpaired) electrons. The molecular formula is C17H20FNO5. The van der Waals surface area contributed by atoms with E-state index in [-0.39, 0.29) is 29.4 Å². The second kappa shape index (κ2) is 7.90. The maximum Gasteiger partial charge on any atom is 0.337 e. The van der Waals surface area contributed by atoms with Gasteiger partial charge in [0.2, 0.25) is 0 Å². The molecule has 1 heterocycles. The van der Waals surface area contributed by atoms with Gasteiger partial charge in [-0.3, -0.25) is 9.59 Å². The molecule has 1 atom stereocenters. The number of hydrogen-bond acceptors (Lipinski definition) is 4. The zero-order valence-corrected chi connectivity index (χ0v) is 13.5. The van der Waals surface area contributed by atoms with Crippen LogP contribution >= 0.6 is 0 Å². The smallest absolute Gasteiger partial charge is 0.337 e. The summed E-state index contributed by atoms with van der Waals surface area (Å²) in [6.07, 6.45) is 2.22. The average molecular weight is 337 g/mol. The molecule has 24 heavy (non-hydrogen) atoms. The number of hydrogen-bond donors (Lipinski definition) is 1. The first-order valence-electron chi connectivity index (χ1n) is 7.80. The number of likely N-dealkylation sites (tertiary alicyclic amines) is 1. The zero-order valence-electron chi connectivity index (χ0n) is 13.5. The van der Waals surface area contributed by atoms with Gasteiger partial charge in [-0.05, 0) is 43.4 Å². The van der Waals surface area contributed by atoms with E-state index >= 15 is 0 Å². The summed E-state index contributed by atoms with van der Waals surface area (Å²) < 4.78 is 18.3. The Morgan fingerprint density at radius 3 is 2.67 bits per heavy atom. The van der Waals surface area contributed by atoms with Crippen LogP contribution in [0.4, 0.5) is 4.39 Å². The Hall–Kier alpha value is -2.44. The van der Waals surface area contributed by atoms with Crippen LogP contribution in [-0.4, -0.2) is 48.1 Å². The highest BCUT2D eigenvalue weighted by Crippen LogP contribution is 2.23. The van der Waals surface area contributed by atoms with Crippen LogP contribution in [0.15, 0.2) is 18.2 Å². The fourth-order valence-corrected chi connectivity index (χ4v) is 2.94. The lowest BCUT2D eigenvalue weighted by molar-refractivity contribution is -0.137. The van der Waals surface area contributed by atoms with Gasteiger partial charge in [-0.25, -0.2) is 9.18 Å². The second-order valence-electron chi connectivity index (χ2n) is 5.91. The summed E-state index contributed by atoms with van der Waals surface area (Å²) in [5.41, 5.74) is 0.0783. The third kappa shape index (κ3) is 4.53. The largest absolute Gasteiger partial charge is 0.481 e. The van der Waals surface area contributed by atoms with Crippen molar-refractivity contribution in [3.05, 3.63) is 35.1 Å². The fraction of sp³-hybridized carbons (Fsp3) is 0.471. The minimum atomic E-state index is -0.855. The molecule has 1 unspecified atom stereocenters. The van der Waals surface area contributed by atoms with E-state index in [1.165, 1.54) is 13.2 Å². The van der Waals surface area contributed by atoms with Gasteiger partial charge in [-0.1, -0.05) is 0 Å². The highest BCUT2D eigenvalue weighted by Gasteiger charge is 2.25. The van der Waals surface area contributed by atoms with Crippen LogP contribution in [0.5, 0.6) is 0 Å². The summed E-state index contributed by atoms with van der Waals surface area (Å²) in [7, 11) is 1.19. The molecule has 1 saturated heterocycles. The van der Waals surface area contributed by atoms with E-state index in [4.69, 9.17) is 5.11 Å². The Morgan fingerprint density at radius 2 is 2.00 bits per heavy atom. The summed E-state index contributed by atoms with van der Waals surface area (Å²) >= 11 is 0. The number of aliphatic carboxylic acids is 1. The van der Waals surface area contributed by atoms with Crippen LogP contribution < -0.4 is 0 Å². The van der Waals surface area contributed by atoms with Crippen molar-refractivity contribution < 1.29 is 28.6 Å². The minimum absolute atomic E-state index is 0.0136. The minimum Gasteiger partial charge on any atom is -0.481 e. The molecule has 0 saturated carbocycles. The second-order valence-corrected chi connectivity index (χ2v) is 5.91. The van der Waals surface area contributed by atoms with Gasteiger partial charge < -0.3 is 14.7 Å². The molecule has 1 amide bonds. The first-order chi connectivity index (χ1) is 11.4. The number of methoxy groups -OCH3 is 1. The maximum atomic E-state index is 13.7. The number of nitrogens with zero attached hydrogens (tertiary/aromatic N) is 1. The zero-order chi connectivity index (χ0) is 17.7. The maximum absolute atomic E-state index is 13.7. The fourth-order valence-electron chi connectivity index (χ4n) is 2.94. The van der Waals surface area contributed by atoms with Crippen LogP contribution in [0.1, 0.15) is 46.4 Å². The van der Waals surface area contributed by atoms with Gasteiger partial charge in [0.05, 0.1) is 12.7 Å². The number of halogens is 1. The number of carboxylic acids is 1. The van der Waals surface area contributed by atoms with E-state index in [9.17, 15) is 18.8 Å². The normalized spacial score (nSPS) is 17.4. The lowest BCUT2D eigenvalue weighted by atomic mass is 9.93. The number of carbonyl (C=O) groups excluding carboxylic acids is 2. The molecule has 0 aromatic heterocycles. The van der Waals surface area contributed by atoms with E-state index in [2.05, 4.69) is 4.74 Å².